The quantitative estimate of drug-likeness (QED) is 0.845. The van der Waals surface area contributed by atoms with Gasteiger partial charge in [0.15, 0.2) is 0 Å². The van der Waals surface area contributed by atoms with Crippen LogP contribution in [0.1, 0.15) is 11.3 Å². The Morgan fingerprint density at radius 2 is 2.05 bits per heavy atom. The van der Waals surface area contributed by atoms with E-state index in [4.69, 9.17) is 5.73 Å². The van der Waals surface area contributed by atoms with Crippen molar-refractivity contribution in [1.29, 1.82) is 0 Å². The summed E-state index contributed by atoms with van der Waals surface area (Å²) in [5.74, 6) is -0.238. The fraction of sp³-hybridized carbons (Fsp3) is 0.214. The van der Waals surface area contributed by atoms with Crippen molar-refractivity contribution in [3.05, 3.63) is 58.0 Å². The predicted molar refractivity (Wildman–Crippen MR) is 75.9 cm³/mol. The SMILES string of the molecule is Cc1cc(=O)n(CC(=O)NCc2ccccc2)c(N)n1. The van der Waals surface area contributed by atoms with Gasteiger partial charge in [-0.3, -0.25) is 14.2 Å². The lowest BCUT2D eigenvalue weighted by atomic mass is 10.2. The van der Waals surface area contributed by atoms with Gasteiger partial charge in [0.1, 0.15) is 6.54 Å². The van der Waals surface area contributed by atoms with Gasteiger partial charge in [-0.2, -0.15) is 0 Å². The Hall–Kier alpha value is -2.63. The number of hydrogen-bond donors (Lipinski definition) is 2. The van der Waals surface area contributed by atoms with E-state index in [-0.39, 0.29) is 24.0 Å². The molecule has 6 heteroatoms. The molecule has 0 fully saturated rings. The number of hydrogen-bond acceptors (Lipinski definition) is 4. The predicted octanol–water partition coefficient (Wildman–Crippen LogP) is 0.450. The number of carbonyl (C=O) groups excluding carboxylic acids is 1. The van der Waals surface area contributed by atoms with Gasteiger partial charge >= 0.3 is 0 Å². The largest absolute Gasteiger partial charge is 0.369 e. The van der Waals surface area contributed by atoms with E-state index in [1.165, 1.54) is 6.07 Å². The minimum Gasteiger partial charge on any atom is -0.369 e. The van der Waals surface area contributed by atoms with Gasteiger partial charge < -0.3 is 11.1 Å². The Balaban J connectivity index is 2.00. The fourth-order valence-corrected chi connectivity index (χ4v) is 1.80. The number of nitrogen functional groups attached to an aromatic ring is 1. The van der Waals surface area contributed by atoms with Crippen molar-refractivity contribution >= 4 is 11.9 Å². The van der Waals surface area contributed by atoms with Crippen molar-refractivity contribution in [3.8, 4) is 0 Å². The number of nitrogens with two attached hydrogens (primary N) is 1. The van der Waals surface area contributed by atoms with Crippen LogP contribution in [0.3, 0.4) is 0 Å². The number of amides is 1. The van der Waals surface area contributed by atoms with Crippen LogP contribution in [0.15, 0.2) is 41.2 Å². The number of benzene rings is 1. The number of anilines is 1. The Labute approximate surface area is 116 Å². The number of nitrogens with one attached hydrogen (secondary N) is 1. The van der Waals surface area contributed by atoms with Crippen molar-refractivity contribution in [1.82, 2.24) is 14.9 Å². The summed E-state index contributed by atoms with van der Waals surface area (Å²) in [6.45, 7) is 1.95. The van der Waals surface area contributed by atoms with Crippen molar-refractivity contribution < 1.29 is 4.79 Å². The van der Waals surface area contributed by atoms with Gasteiger partial charge in [-0.25, -0.2) is 4.98 Å². The van der Waals surface area contributed by atoms with E-state index >= 15 is 0 Å². The van der Waals surface area contributed by atoms with Crippen LogP contribution in [0.25, 0.3) is 0 Å². The van der Waals surface area contributed by atoms with E-state index in [2.05, 4.69) is 10.3 Å². The average molecular weight is 272 g/mol. The smallest absolute Gasteiger partial charge is 0.255 e. The molecule has 0 atom stereocenters. The van der Waals surface area contributed by atoms with E-state index in [1.54, 1.807) is 6.92 Å². The highest BCUT2D eigenvalue weighted by molar-refractivity contribution is 5.76. The molecular formula is C14H16N4O2. The first-order valence-electron chi connectivity index (χ1n) is 6.21. The van der Waals surface area contributed by atoms with Crippen molar-refractivity contribution in [2.45, 2.75) is 20.0 Å². The van der Waals surface area contributed by atoms with Crippen LogP contribution in [0, 0.1) is 6.92 Å². The van der Waals surface area contributed by atoms with E-state index < -0.39 is 0 Å². The van der Waals surface area contributed by atoms with Crippen LogP contribution in [0.4, 0.5) is 5.95 Å². The molecule has 6 nitrogen and oxygen atoms in total. The second kappa shape index (κ2) is 6.01. The molecule has 20 heavy (non-hydrogen) atoms. The van der Waals surface area contributed by atoms with Gasteiger partial charge in [-0.15, -0.1) is 0 Å². The molecule has 1 heterocycles. The Bertz CT molecular complexity index is 665. The third kappa shape index (κ3) is 3.44. The molecule has 2 rings (SSSR count). The van der Waals surface area contributed by atoms with E-state index in [1.807, 2.05) is 30.3 Å². The summed E-state index contributed by atoms with van der Waals surface area (Å²) in [5, 5.41) is 2.73. The summed E-state index contributed by atoms with van der Waals surface area (Å²) < 4.78 is 1.15. The molecule has 0 spiro atoms. The molecule has 1 aromatic carbocycles. The monoisotopic (exact) mass is 272 g/mol. The lowest BCUT2D eigenvalue weighted by molar-refractivity contribution is -0.121. The average Bonchev–Trinajstić information content (AvgIpc) is 2.42. The molecule has 2 aromatic rings. The van der Waals surface area contributed by atoms with Gasteiger partial charge in [-0.1, -0.05) is 30.3 Å². The molecule has 0 aliphatic rings. The Kier molecular flexibility index (Phi) is 4.14. The zero-order valence-electron chi connectivity index (χ0n) is 11.2. The number of aromatic nitrogens is 2. The van der Waals surface area contributed by atoms with Crippen LogP contribution in [0.2, 0.25) is 0 Å². The minimum absolute atomic E-state index is 0.0462. The molecule has 0 radical (unpaired) electrons. The highest BCUT2D eigenvalue weighted by Crippen LogP contribution is 1.99. The molecule has 1 aromatic heterocycles. The van der Waals surface area contributed by atoms with Crippen LogP contribution < -0.4 is 16.6 Å². The molecule has 1 amide bonds. The van der Waals surface area contributed by atoms with E-state index in [0.29, 0.717) is 12.2 Å². The van der Waals surface area contributed by atoms with Gasteiger partial charge in [0.2, 0.25) is 11.9 Å². The first kappa shape index (κ1) is 13.8. The molecule has 0 unspecified atom stereocenters. The van der Waals surface area contributed by atoms with Gasteiger partial charge in [0, 0.05) is 18.3 Å². The number of aryl methyl sites for hydroxylation is 1. The summed E-state index contributed by atoms with van der Waals surface area (Å²) in [4.78, 5) is 27.5. The maximum absolute atomic E-state index is 11.8. The Morgan fingerprint density at radius 3 is 2.70 bits per heavy atom. The second-order valence-corrected chi connectivity index (χ2v) is 4.44. The third-order valence-electron chi connectivity index (χ3n) is 2.80. The number of rotatable bonds is 4. The van der Waals surface area contributed by atoms with Crippen LogP contribution in [0.5, 0.6) is 0 Å². The van der Waals surface area contributed by atoms with Gasteiger partial charge in [0.05, 0.1) is 0 Å². The van der Waals surface area contributed by atoms with Crippen LogP contribution in [-0.2, 0) is 17.9 Å². The second-order valence-electron chi connectivity index (χ2n) is 4.44. The fourth-order valence-electron chi connectivity index (χ4n) is 1.80. The highest BCUT2D eigenvalue weighted by atomic mass is 16.2. The highest BCUT2D eigenvalue weighted by Gasteiger charge is 2.08. The minimum atomic E-state index is -0.329. The first-order valence-corrected chi connectivity index (χ1v) is 6.21. The lowest BCUT2D eigenvalue weighted by Crippen LogP contribution is -2.33. The summed E-state index contributed by atoms with van der Waals surface area (Å²) in [6.07, 6.45) is 0. The molecule has 3 N–H and O–H groups in total. The van der Waals surface area contributed by atoms with Crippen LogP contribution in [-0.4, -0.2) is 15.5 Å². The summed E-state index contributed by atoms with van der Waals surface area (Å²) in [6, 6.07) is 10.9. The third-order valence-corrected chi connectivity index (χ3v) is 2.80. The topological polar surface area (TPSA) is 90.0 Å². The molecule has 0 saturated carbocycles. The van der Waals surface area contributed by atoms with Crippen molar-refractivity contribution in [3.63, 3.8) is 0 Å². The molecule has 0 saturated heterocycles. The van der Waals surface area contributed by atoms with Crippen LogP contribution >= 0.6 is 0 Å². The lowest BCUT2D eigenvalue weighted by Gasteiger charge is -2.09. The Morgan fingerprint density at radius 1 is 1.35 bits per heavy atom. The van der Waals surface area contributed by atoms with Gasteiger partial charge in [0.25, 0.3) is 5.56 Å². The van der Waals surface area contributed by atoms with E-state index in [9.17, 15) is 9.59 Å². The molecule has 0 aliphatic carbocycles. The normalized spacial score (nSPS) is 10.2. The molecule has 104 valence electrons. The molecule has 0 aliphatic heterocycles. The maximum atomic E-state index is 11.8. The molecule has 0 bridgehead atoms. The standard InChI is InChI=1S/C14H16N4O2/c1-10-7-13(20)18(14(15)17-10)9-12(19)16-8-11-5-3-2-4-6-11/h2-7H,8-9H2,1H3,(H2,15,17)(H,16,19). The molecular weight excluding hydrogens is 256 g/mol. The van der Waals surface area contributed by atoms with Gasteiger partial charge in [-0.05, 0) is 12.5 Å². The zero-order chi connectivity index (χ0) is 14.5. The van der Waals surface area contributed by atoms with Crippen molar-refractivity contribution in [2.75, 3.05) is 5.73 Å². The number of carbonyl (C=O) groups is 1. The zero-order valence-corrected chi connectivity index (χ0v) is 11.2. The van der Waals surface area contributed by atoms with Crippen molar-refractivity contribution in [2.24, 2.45) is 0 Å². The summed E-state index contributed by atoms with van der Waals surface area (Å²) in [7, 11) is 0. The van der Waals surface area contributed by atoms with E-state index in [0.717, 1.165) is 10.1 Å². The first-order chi connectivity index (χ1) is 9.56. The number of nitrogens with zero attached hydrogens (tertiary/aromatic N) is 2. The summed E-state index contributed by atoms with van der Waals surface area (Å²) in [5.41, 5.74) is 6.85. The maximum Gasteiger partial charge on any atom is 0.255 e. The summed E-state index contributed by atoms with van der Waals surface area (Å²) >= 11 is 0.